The number of anilines is 1. The molecule has 0 radical (unpaired) electrons. The average Bonchev–Trinajstić information content (AvgIpc) is 2.47. The van der Waals surface area contributed by atoms with Gasteiger partial charge in [0.15, 0.2) is 0 Å². The summed E-state index contributed by atoms with van der Waals surface area (Å²) in [6.07, 6.45) is 3.71. The Morgan fingerprint density at radius 2 is 2.15 bits per heavy atom. The molecule has 0 aliphatic carbocycles. The molecular formula is C16H20N2O2. The largest absolute Gasteiger partial charge is 0.378 e. The van der Waals surface area contributed by atoms with Crippen LogP contribution in [0, 0.1) is 11.8 Å². The second-order valence-electron chi connectivity index (χ2n) is 4.82. The molecule has 2 rings (SSSR count). The van der Waals surface area contributed by atoms with E-state index in [9.17, 15) is 4.79 Å². The molecule has 1 fully saturated rings. The maximum Gasteiger partial charge on any atom is 0.226 e. The van der Waals surface area contributed by atoms with Gasteiger partial charge in [0.1, 0.15) is 0 Å². The smallest absolute Gasteiger partial charge is 0.226 e. The number of hydrogen-bond acceptors (Lipinski definition) is 3. The van der Waals surface area contributed by atoms with Crippen LogP contribution in [-0.4, -0.2) is 25.2 Å². The fraction of sp³-hybridized carbons (Fsp3) is 0.438. The van der Waals surface area contributed by atoms with E-state index in [0.29, 0.717) is 13.0 Å². The van der Waals surface area contributed by atoms with Gasteiger partial charge in [-0.05, 0) is 43.5 Å². The molecule has 1 amide bonds. The van der Waals surface area contributed by atoms with Crippen molar-refractivity contribution in [3.63, 3.8) is 0 Å². The molecule has 4 nitrogen and oxygen atoms in total. The van der Waals surface area contributed by atoms with Crippen molar-refractivity contribution in [1.29, 1.82) is 0 Å². The van der Waals surface area contributed by atoms with Crippen molar-refractivity contribution in [3.8, 4) is 11.8 Å². The van der Waals surface area contributed by atoms with Gasteiger partial charge in [-0.2, -0.15) is 0 Å². The number of nitrogens with two attached hydrogens (primary N) is 1. The Bertz CT molecular complexity index is 493. The minimum atomic E-state index is -0.00214. The zero-order valence-corrected chi connectivity index (χ0v) is 11.5. The quantitative estimate of drug-likeness (QED) is 0.826. The Kier molecular flexibility index (Phi) is 5.60. The minimum Gasteiger partial charge on any atom is -0.378 e. The summed E-state index contributed by atoms with van der Waals surface area (Å²) in [6.45, 7) is 1.12. The first-order chi connectivity index (χ1) is 9.78. The van der Waals surface area contributed by atoms with Crippen LogP contribution in [0.3, 0.4) is 0 Å². The number of ether oxygens (including phenoxy) is 1. The lowest BCUT2D eigenvalue weighted by atomic mass is 10.1. The molecule has 1 heterocycles. The zero-order chi connectivity index (χ0) is 14.2. The van der Waals surface area contributed by atoms with Gasteiger partial charge in [0.2, 0.25) is 5.91 Å². The van der Waals surface area contributed by atoms with Crippen molar-refractivity contribution in [2.75, 3.05) is 18.5 Å². The maximum atomic E-state index is 11.9. The fourth-order valence-electron chi connectivity index (χ4n) is 2.18. The fourth-order valence-corrected chi connectivity index (χ4v) is 2.18. The summed E-state index contributed by atoms with van der Waals surface area (Å²) in [4.78, 5) is 11.9. The van der Waals surface area contributed by atoms with E-state index in [0.717, 1.165) is 37.1 Å². The average molecular weight is 272 g/mol. The van der Waals surface area contributed by atoms with E-state index in [1.165, 1.54) is 0 Å². The molecule has 3 N–H and O–H groups in total. The third kappa shape index (κ3) is 4.69. The van der Waals surface area contributed by atoms with Crippen LogP contribution in [0.1, 0.15) is 31.2 Å². The predicted octanol–water partition coefficient (Wildman–Crippen LogP) is 1.89. The first-order valence-corrected chi connectivity index (χ1v) is 6.98. The molecule has 1 aromatic rings. The van der Waals surface area contributed by atoms with Crippen molar-refractivity contribution in [3.05, 3.63) is 29.8 Å². The SMILES string of the molecule is NCC#Cc1ccc(NC(=O)CC2CCCCO2)cc1. The van der Waals surface area contributed by atoms with Crippen molar-refractivity contribution in [1.82, 2.24) is 0 Å². The van der Waals surface area contributed by atoms with E-state index in [2.05, 4.69) is 17.2 Å². The van der Waals surface area contributed by atoms with Gasteiger partial charge in [0.25, 0.3) is 0 Å². The lowest BCUT2D eigenvalue weighted by molar-refractivity contribution is -0.119. The number of amides is 1. The summed E-state index contributed by atoms with van der Waals surface area (Å²) in [7, 11) is 0. The first kappa shape index (κ1) is 14.6. The van der Waals surface area contributed by atoms with E-state index in [1.54, 1.807) is 0 Å². The van der Waals surface area contributed by atoms with Gasteiger partial charge >= 0.3 is 0 Å². The molecule has 1 saturated heterocycles. The molecule has 0 saturated carbocycles. The monoisotopic (exact) mass is 272 g/mol. The number of carbonyl (C=O) groups is 1. The van der Waals surface area contributed by atoms with Crippen LogP contribution in [0.5, 0.6) is 0 Å². The van der Waals surface area contributed by atoms with E-state index in [4.69, 9.17) is 10.5 Å². The Morgan fingerprint density at radius 1 is 1.35 bits per heavy atom. The van der Waals surface area contributed by atoms with Crippen LogP contribution < -0.4 is 11.1 Å². The highest BCUT2D eigenvalue weighted by atomic mass is 16.5. The summed E-state index contributed by atoms with van der Waals surface area (Å²) >= 11 is 0. The number of hydrogen-bond donors (Lipinski definition) is 2. The second-order valence-corrected chi connectivity index (χ2v) is 4.82. The van der Waals surface area contributed by atoms with Gasteiger partial charge in [0.05, 0.1) is 19.1 Å². The highest BCUT2D eigenvalue weighted by Crippen LogP contribution is 2.16. The molecule has 1 atom stereocenters. The van der Waals surface area contributed by atoms with Gasteiger partial charge in [-0.3, -0.25) is 4.79 Å². The number of nitrogens with one attached hydrogen (secondary N) is 1. The van der Waals surface area contributed by atoms with Crippen LogP contribution in [0.15, 0.2) is 24.3 Å². The molecule has 1 aromatic carbocycles. The normalized spacial score (nSPS) is 17.9. The van der Waals surface area contributed by atoms with E-state index < -0.39 is 0 Å². The molecule has 1 aliphatic heterocycles. The molecule has 106 valence electrons. The third-order valence-electron chi connectivity index (χ3n) is 3.19. The number of rotatable bonds is 3. The topological polar surface area (TPSA) is 64.3 Å². The first-order valence-electron chi connectivity index (χ1n) is 6.98. The van der Waals surface area contributed by atoms with Gasteiger partial charge in [0, 0.05) is 17.9 Å². The third-order valence-corrected chi connectivity index (χ3v) is 3.19. The molecule has 0 aromatic heterocycles. The highest BCUT2D eigenvalue weighted by Gasteiger charge is 2.17. The Morgan fingerprint density at radius 3 is 2.80 bits per heavy atom. The Labute approximate surface area is 119 Å². The lowest BCUT2D eigenvalue weighted by Crippen LogP contribution is -2.25. The summed E-state index contributed by atoms with van der Waals surface area (Å²) in [5, 5.41) is 2.88. The minimum absolute atomic E-state index is 0.00214. The molecule has 4 heteroatoms. The molecule has 0 spiro atoms. The summed E-state index contributed by atoms with van der Waals surface area (Å²) in [5.74, 6) is 5.73. The van der Waals surface area contributed by atoms with Crippen molar-refractivity contribution in [2.45, 2.75) is 31.8 Å². The van der Waals surface area contributed by atoms with E-state index >= 15 is 0 Å². The van der Waals surface area contributed by atoms with Crippen molar-refractivity contribution in [2.24, 2.45) is 5.73 Å². The van der Waals surface area contributed by atoms with E-state index in [1.807, 2.05) is 24.3 Å². The van der Waals surface area contributed by atoms with Crippen LogP contribution in [0.25, 0.3) is 0 Å². The lowest BCUT2D eigenvalue weighted by Gasteiger charge is -2.21. The maximum absolute atomic E-state index is 11.9. The standard InChI is InChI=1S/C16H20N2O2/c17-10-3-4-13-6-8-14(9-7-13)18-16(19)12-15-5-1-2-11-20-15/h6-9,15H,1-2,5,10-12,17H2,(H,18,19). The van der Waals surface area contributed by atoms with Gasteiger partial charge < -0.3 is 15.8 Å². The molecular weight excluding hydrogens is 252 g/mol. The van der Waals surface area contributed by atoms with E-state index in [-0.39, 0.29) is 12.0 Å². The number of carbonyl (C=O) groups excluding carboxylic acids is 1. The Hall–Kier alpha value is -1.83. The van der Waals surface area contributed by atoms with Crippen LogP contribution in [0.2, 0.25) is 0 Å². The van der Waals surface area contributed by atoms with Crippen LogP contribution in [-0.2, 0) is 9.53 Å². The summed E-state index contributed by atoms with van der Waals surface area (Å²) in [6, 6.07) is 7.44. The second kappa shape index (κ2) is 7.68. The summed E-state index contributed by atoms with van der Waals surface area (Å²) < 4.78 is 5.56. The number of benzene rings is 1. The highest BCUT2D eigenvalue weighted by molar-refractivity contribution is 5.91. The Balaban J connectivity index is 1.84. The van der Waals surface area contributed by atoms with Crippen LogP contribution >= 0.6 is 0 Å². The van der Waals surface area contributed by atoms with Crippen molar-refractivity contribution < 1.29 is 9.53 Å². The van der Waals surface area contributed by atoms with Gasteiger partial charge in [-0.25, -0.2) is 0 Å². The van der Waals surface area contributed by atoms with Crippen molar-refractivity contribution >= 4 is 11.6 Å². The zero-order valence-electron chi connectivity index (χ0n) is 11.5. The summed E-state index contributed by atoms with van der Waals surface area (Å²) in [5.41, 5.74) is 6.99. The van der Waals surface area contributed by atoms with Crippen LogP contribution in [0.4, 0.5) is 5.69 Å². The molecule has 0 bridgehead atoms. The molecule has 1 aliphatic rings. The van der Waals surface area contributed by atoms with Gasteiger partial charge in [-0.15, -0.1) is 0 Å². The predicted molar refractivity (Wildman–Crippen MR) is 79.2 cm³/mol. The molecule has 1 unspecified atom stereocenters. The molecule has 20 heavy (non-hydrogen) atoms. The van der Waals surface area contributed by atoms with Gasteiger partial charge in [-0.1, -0.05) is 11.8 Å².